The molecule has 0 atom stereocenters. The summed E-state index contributed by atoms with van der Waals surface area (Å²) in [6.07, 6.45) is 21.4. The van der Waals surface area contributed by atoms with Crippen molar-refractivity contribution in [2.75, 3.05) is 0 Å². The van der Waals surface area contributed by atoms with Crippen LogP contribution in [0.25, 0.3) is 87.3 Å². The van der Waals surface area contributed by atoms with E-state index in [9.17, 15) is 22.0 Å². The fraction of sp³-hybridized carbons (Fsp3) is 0.0674. The van der Waals surface area contributed by atoms with Crippen LogP contribution in [-0.4, -0.2) is 84.6 Å². The highest BCUT2D eigenvalue weighted by molar-refractivity contribution is 14.1. The first-order valence-electron chi connectivity index (χ1n) is 36.2. The van der Waals surface area contributed by atoms with Gasteiger partial charge in [-0.05, 0) is 226 Å². The maximum atomic E-state index is 13.5. The van der Waals surface area contributed by atoms with Gasteiger partial charge in [-0.15, -0.1) is 11.8 Å². The molecule has 0 unspecified atom stereocenters. The molecule has 20 rings (SSSR count). The number of nitrogens with zero attached hydrogens (tertiary/aromatic N) is 16. The lowest BCUT2D eigenvalue weighted by Gasteiger charge is -2.09. The molecule has 0 amide bonds. The van der Waals surface area contributed by atoms with E-state index in [2.05, 4.69) is 176 Å². The Kier molecular flexibility index (Phi) is 27.2. The smallest absolute Gasteiger partial charge is 0.193 e. The summed E-state index contributed by atoms with van der Waals surface area (Å²) in [5, 5.41) is 14.0. The van der Waals surface area contributed by atoms with Gasteiger partial charge >= 0.3 is 0 Å². The molecule has 576 valence electrons. The van der Waals surface area contributed by atoms with E-state index in [4.69, 9.17) is 0 Å². The molecule has 16 nitrogen and oxygen atoms in total. The van der Waals surface area contributed by atoms with Crippen LogP contribution in [0.2, 0.25) is 0 Å². The molecule has 28 heteroatoms. The molecular formula is C89H62F5IN16S6. The van der Waals surface area contributed by atoms with E-state index in [0.29, 0.717) is 31.5 Å². The summed E-state index contributed by atoms with van der Waals surface area (Å²) in [6, 6.07) is 73.5. The van der Waals surface area contributed by atoms with E-state index in [1.165, 1.54) is 202 Å². The normalized spacial score (nSPS) is 11.8. The van der Waals surface area contributed by atoms with Gasteiger partial charge in [-0.2, -0.15) is 0 Å². The molecule has 0 bridgehead atoms. The van der Waals surface area contributed by atoms with Gasteiger partial charge in [-0.1, -0.05) is 145 Å². The van der Waals surface area contributed by atoms with Gasteiger partial charge in [-0.3, -0.25) is 0 Å². The lowest BCUT2D eigenvalue weighted by Crippen LogP contribution is -1.96. The Hall–Kier alpha value is -11.5. The van der Waals surface area contributed by atoms with Crippen molar-refractivity contribution in [3.8, 4) is 11.1 Å². The number of fused-ring (bicyclic) bond motifs is 7. The maximum absolute atomic E-state index is 13.5. The van der Waals surface area contributed by atoms with Crippen molar-refractivity contribution in [3.05, 3.63) is 338 Å². The number of hydrogen-bond acceptors (Lipinski definition) is 21. The number of rotatable bonds is 13. The molecule has 1 fully saturated rings. The van der Waals surface area contributed by atoms with E-state index < -0.39 is 0 Å². The Balaban J connectivity index is 0.000000110. The molecule has 1 aliphatic rings. The van der Waals surface area contributed by atoms with Gasteiger partial charge in [-0.25, -0.2) is 96.7 Å². The highest BCUT2D eigenvalue weighted by atomic mass is 127. The van der Waals surface area contributed by atoms with Gasteiger partial charge in [0.1, 0.15) is 97.2 Å². The molecule has 11 aromatic carbocycles. The van der Waals surface area contributed by atoms with Crippen LogP contribution in [0.4, 0.5) is 22.0 Å². The van der Waals surface area contributed by atoms with Gasteiger partial charge in [0, 0.05) is 87.7 Å². The highest BCUT2D eigenvalue weighted by Crippen LogP contribution is 2.40. The van der Waals surface area contributed by atoms with Crippen molar-refractivity contribution in [1.29, 1.82) is 0 Å². The third kappa shape index (κ3) is 21.4. The minimum Gasteiger partial charge on any atom is -0.329 e. The molecule has 0 spiro atoms. The summed E-state index contributed by atoms with van der Waals surface area (Å²) < 4.78 is 70.0. The fourth-order valence-corrected chi connectivity index (χ4v) is 18.3. The summed E-state index contributed by atoms with van der Waals surface area (Å²) >= 11 is 11.5. The molecule has 0 radical (unpaired) electrons. The van der Waals surface area contributed by atoms with Gasteiger partial charge in [0.15, 0.2) is 10.3 Å². The zero-order chi connectivity index (χ0) is 80.2. The average molecular weight is 1770 g/mol. The summed E-state index contributed by atoms with van der Waals surface area (Å²) in [4.78, 5) is 66.4. The van der Waals surface area contributed by atoms with Crippen LogP contribution < -0.4 is 0 Å². The van der Waals surface area contributed by atoms with Crippen LogP contribution in [0.5, 0.6) is 0 Å². The Morgan fingerprint density at radius 2 is 0.709 bits per heavy atom. The lowest BCUT2D eigenvalue weighted by atomic mass is 10.1. The summed E-state index contributed by atoms with van der Waals surface area (Å²) in [5.74, 6) is -1.43. The van der Waals surface area contributed by atoms with Crippen molar-refractivity contribution in [2.45, 2.75) is 86.1 Å². The first-order valence-corrected chi connectivity index (χ1v) is 42.3. The molecular weight excluding hydrogens is 1710 g/mol. The van der Waals surface area contributed by atoms with Gasteiger partial charge in [0.25, 0.3) is 0 Å². The van der Waals surface area contributed by atoms with E-state index >= 15 is 0 Å². The number of thioether (sulfide) groups is 1. The number of aromatic nitrogens is 16. The van der Waals surface area contributed by atoms with E-state index in [1.54, 1.807) is 61.3 Å². The Bertz CT molecular complexity index is 6510. The van der Waals surface area contributed by atoms with Crippen LogP contribution in [0, 0.1) is 32.7 Å². The van der Waals surface area contributed by atoms with Crippen LogP contribution >= 0.6 is 93.2 Å². The first-order chi connectivity index (χ1) is 57.3. The van der Waals surface area contributed by atoms with Gasteiger partial charge < -0.3 is 4.57 Å². The zero-order valence-corrected chi connectivity index (χ0v) is 68.7. The standard InChI is InChI=1S/C20H13FN2S.C18H11FN2S.C14H9FN2S.C13H13IN2S.C12H9FN4S.C12H7FN4S/c21-16-8-11-19-18(12-16)20(23-13-22-19)24-17-9-6-15(7-10-17)14-4-2-1-3-5-14;19-13-8-9-16-15(10-13)18(21-11-20-16)22-17-7-3-5-12-4-1-2-6-14(12)17;15-10-6-7-13-12(8-10)14(17-9-16-13)18-11-4-2-1-3-5-11;14-9-5-6-12-11(7-9)13(16-8-15-12)17-10-3-1-2-4-10;1-17-5-4-14-12(17)18-11-9-6-8(13)2-3-10(9)15-7-16-11;13-8-2-3-10-9(6-8)11(17-7-16-10)18-12-14-4-1-5-15-12/h1-13H;1-11H;1-9H;5-8,10H,1-4H2;2-7H,1H3;1-7H. The molecule has 117 heavy (non-hydrogen) atoms. The number of halogens is 6. The minimum absolute atomic E-state index is 0.271. The van der Waals surface area contributed by atoms with Crippen molar-refractivity contribution in [1.82, 2.24) is 79.3 Å². The number of benzene rings is 11. The predicted octanol–water partition coefficient (Wildman–Crippen LogP) is 24.2. The average Bonchev–Trinajstić information content (AvgIpc) is 1.37. The Morgan fingerprint density at radius 3 is 1.19 bits per heavy atom. The lowest BCUT2D eigenvalue weighted by molar-refractivity contribution is 0.629. The second-order valence-corrected chi connectivity index (χ2v) is 33.2. The maximum Gasteiger partial charge on any atom is 0.193 e. The first kappa shape index (κ1) is 80.7. The van der Waals surface area contributed by atoms with Gasteiger partial charge in [0.05, 0.1) is 33.1 Å². The van der Waals surface area contributed by atoms with Crippen molar-refractivity contribution in [2.24, 2.45) is 7.05 Å². The minimum atomic E-state index is -0.312. The van der Waals surface area contributed by atoms with Crippen LogP contribution in [0.3, 0.4) is 0 Å². The topological polar surface area (TPSA) is 198 Å². The Morgan fingerprint density at radius 1 is 0.316 bits per heavy atom. The SMILES string of the molecule is Cn1ccnc1Sc1ncnc2ccc(F)cc12.Fc1ccc2ncnc(Sc3ccc(-c4ccccc4)cc3)c2c1.Fc1ccc2ncnc(Sc3cccc4ccccc34)c2c1.Fc1ccc2ncnc(Sc3ccccc3)c2c1.Fc1ccc2ncnc(Sc3ncccn3)c2c1.Ic1ccc2ncnc(SC3CCCC3)c2c1. The molecule has 19 aromatic rings. The van der Waals surface area contributed by atoms with Crippen LogP contribution in [0.1, 0.15) is 25.7 Å². The summed E-state index contributed by atoms with van der Waals surface area (Å²) in [6.45, 7) is 0. The van der Waals surface area contributed by atoms with Gasteiger partial charge in [0.2, 0.25) is 0 Å². The predicted molar refractivity (Wildman–Crippen MR) is 466 cm³/mol. The molecule has 0 N–H and O–H groups in total. The number of imidazole rings is 1. The summed E-state index contributed by atoms with van der Waals surface area (Å²) in [7, 11) is 1.90. The van der Waals surface area contributed by atoms with E-state index in [1.807, 2.05) is 96.3 Å². The summed E-state index contributed by atoms with van der Waals surface area (Å²) in [5.41, 5.74) is 7.08. The van der Waals surface area contributed by atoms with Crippen molar-refractivity contribution < 1.29 is 22.0 Å². The largest absolute Gasteiger partial charge is 0.329 e. The van der Waals surface area contributed by atoms with E-state index in [0.717, 1.165) is 94.3 Å². The molecule has 8 aromatic heterocycles. The quantitative estimate of drug-likeness (QED) is 0.0456. The van der Waals surface area contributed by atoms with Crippen LogP contribution in [-0.2, 0) is 7.05 Å². The van der Waals surface area contributed by atoms with Crippen molar-refractivity contribution in [3.63, 3.8) is 0 Å². The third-order valence-corrected chi connectivity index (χ3v) is 24.9. The Labute approximate surface area is 707 Å². The van der Waals surface area contributed by atoms with Crippen molar-refractivity contribution >= 4 is 169 Å². The van der Waals surface area contributed by atoms with E-state index in [-0.39, 0.29) is 29.1 Å². The number of hydrogen-bond donors (Lipinski definition) is 0. The number of aryl methyl sites for hydroxylation is 1. The molecule has 0 saturated heterocycles. The molecule has 1 saturated carbocycles. The highest BCUT2D eigenvalue weighted by Gasteiger charge is 2.20. The zero-order valence-electron chi connectivity index (χ0n) is 61.6. The van der Waals surface area contributed by atoms with Crippen LogP contribution in [0.15, 0.2) is 361 Å². The molecule has 8 heterocycles. The second kappa shape index (κ2) is 39.4. The fourth-order valence-electron chi connectivity index (χ4n) is 12.1. The molecule has 1 aliphatic carbocycles. The monoisotopic (exact) mass is 1770 g/mol. The molecule has 0 aliphatic heterocycles. The second-order valence-electron chi connectivity index (χ2n) is 25.6. The third-order valence-electron chi connectivity index (χ3n) is 17.7.